The van der Waals surface area contributed by atoms with E-state index in [0.717, 1.165) is 25.7 Å². The SMILES string of the molecule is CO[C@H]1C[C@H](CC[C@H](C)[C@H](O)[C@H](C)[C@H]2OC(=O)/C=C/C(C)=C/C[C@H](O)C[C@@H]3C=CC[C@@H](C[C@@H](O)[C@H](C)[C@@H](O)C[C@@H](O)[C@H](C)[C@@H]([C@@H](C)[C@@H](O)[C@@H](C)CC[C@H]4C[C@H](OC)C[C@H](C)O4)OC(=O)/C=C/C(C)=C/C[C@H](O)C[C@@H]4C=CC[C@@H](C[C@@H](OC)[C@H](C)[C@@H](O)C[C@@H](O)[C@@H]2C)O4)O3)O[C@@H](C)C1. The Morgan fingerprint density at radius 3 is 1.24 bits per heavy atom. The van der Waals surface area contributed by atoms with E-state index in [1.807, 2.05) is 71.9 Å². The first-order valence-electron chi connectivity index (χ1n) is 36.7. The molecule has 0 saturated carbocycles. The van der Waals surface area contributed by atoms with Crippen molar-refractivity contribution in [2.75, 3.05) is 21.3 Å². The number of hydrogen-bond acceptors (Lipinski definition) is 20. The molecular formula is C77H130O20. The molecular weight excluding hydrogens is 1240 g/mol. The van der Waals surface area contributed by atoms with Gasteiger partial charge in [-0.3, -0.25) is 0 Å². The molecule has 0 amide bonds. The summed E-state index contributed by atoms with van der Waals surface area (Å²) in [6.45, 7) is 22.2. The van der Waals surface area contributed by atoms with Crippen LogP contribution in [0.25, 0.3) is 0 Å². The Bertz CT molecular complexity index is 2470. The molecule has 5 aliphatic rings. The summed E-state index contributed by atoms with van der Waals surface area (Å²) in [7, 11) is 4.99. The van der Waals surface area contributed by atoms with E-state index in [1.165, 1.54) is 12.2 Å². The first-order chi connectivity index (χ1) is 45.9. The molecule has 5 aliphatic heterocycles. The number of methoxy groups -OCH3 is 3. The molecule has 5 rings (SSSR count). The van der Waals surface area contributed by atoms with Crippen LogP contribution in [0.15, 0.2) is 71.9 Å². The van der Waals surface area contributed by atoms with Crippen LogP contribution in [0.4, 0.5) is 0 Å². The maximum absolute atomic E-state index is 13.9. The van der Waals surface area contributed by atoms with Crippen LogP contribution >= 0.6 is 0 Å². The highest BCUT2D eigenvalue weighted by Crippen LogP contribution is 2.36. The third-order valence-corrected chi connectivity index (χ3v) is 22.0. The standard InChI is InChI=1S/C77H130O20/c1-44-22-28-56(78)36-58-18-16-20-60(94-58)40-66(80)50(7)67(81)42-69(83)52(9)76(54(11)74(87)46(3)26-30-62-38-64(89-13)34-48(5)92-62)96-72(85)32-24-45(2)23-29-57(79)37-59-19-17-21-61(95-59)41-71(91-15)51(8)68(82)43-70(84)53(10)77(97-73(86)33-25-44)55(12)75(88)47(4)27-31-63-39-65(90-14)35-49(6)93-63/h16-19,22-25,32-33,46-71,74-84,87-88H,20-21,26-31,34-43H2,1-15H3/b32-24+,33-25+,44-22+,45-23+/t46-,47-,48-,49-,50-,51+,52-,53-,54-,55-,56-,57-,58-,59-,60-,61-,62-,63-,64+,65+,66+,67-,68-,69+,70+,71+,74-,75-,76-,77-/m0/s1. The van der Waals surface area contributed by atoms with Crippen molar-refractivity contribution in [3.8, 4) is 0 Å². The Morgan fingerprint density at radius 1 is 0.454 bits per heavy atom. The fourth-order valence-corrected chi connectivity index (χ4v) is 15.1. The van der Waals surface area contributed by atoms with Crippen molar-refractivity contribution < 1.29 is 98.2 Å². The molecule has 0 aromatic carbocycles. The van der Waals surface area contributed by atoms with Gasteiger partial charge in [-0.15, -0.1) is 0 Å². The summed E-state index contributed by atoms with van der Waals surface area (Å²) in [5.41, 5.74) is 1.35. The van der Waals surface area contributed by atoms with E-state index in [4.69, 9.17) is 42.6 Å². The first kappa shape index (κ1) is 84.4. The van der Waals surface area contributed by atoms with E-state index in [1.54, 1.807) is 81.1 Å². The second-order valence-electron chi connectivity index (χ2n) is 30.1. The van der Waals surface area contributed by atoms with Crippen LogP contribution in [0.2, 0.25) is 0 Å². The number of cyclic esters (lactones) is 2. The van der Waals surface area contributed by atoms with Gasteiger partial charge in [-0.1, -0.05) is 115 Å². The van der Waals surface area contributed by atoms with Gasteiger partial charge in [0.25, 0.3) is 0 Å². The third kappa shape index (κ3) is 28.1. The van der Waals surface area contributed by atoms with Gasteiger partial charge >= 0.3 is 11.9 Å². The van der Waals surface area contributed by atoms with Crippen molar-refractivity contribution in [2.24, 2.45) is 47.3 Å². The number of ether oxygens (including phenoxy) is 9. The van der Waals surface area contributed by atoms with Gasteiger partial charge in [0.15, 0.2) is 0 Å². The van der Waals surface area contributed by atoms with E-state index in [0.29, 0.717) is 56.1 Å². The van der Waals surface area contributed by atoms with Gasteiger partial charge in [-0.25, -0.2) is 9.59 Å². The maximum Gasteiger partial charge on any atom is 0.331 e. The van der Waals surface area contributed by atoms with Crippen molar-refractivity contribution >= 4 is 11.9 Å². The minimum atomic E-state index is -1.22. The van der Waals surface area contributed by atoms with Crippen molar-refractivity contribution in [1.29, 1.82) is 0 Å². The number of aliphatic hydroxyl groups excluding tert-OH is 9. The van der Waals surface area contributed by atoms with Crippen LogP contribution < -0.4 is 0 Å². The molecule has 558 valence electrons. The van der Waals surface area contributed by atoms with Crippen LogP contribution in [0.3, 0.4) is 0 Å². The molecule has 4 bridgehead atoms. The van der Waals surface area contributed by atoms with Crippen molar-refractivity contribution in [2.45, 2.75) is 333 Å². The number of rotatable bonds is 15. The lowest BCUT2D eigenvalue weighted by molar-refractivity contribution is -0.158. The molecule has 0 aromatic heterocycles. The number of hydrogen-bond donors (Lipinski definition) is 9. The molecule has 0 aliphatic carbocycles. The predicted molar refractivity (Wildman–Crippen MR) is 373 cm³/mol. The molecule has 97 heavy (non-hydrogen) atoms. The summed E-state index contributed by atoms with van der Waals surface area (Å²) in [5.74, 6) is -5.87. The van der Waals surface area contributed by atoms with Gasteiger partial charge in [0.2, 0.25) is 0 Å². The lowest BCUT2D eigenvalue weighted by Gasteiger charge is -2.38. The monoisotopic (exact) mass is 1370 g/mol. The van der Waals surface area contributed by atoms with E-state index in [-0.39, 0.29) is 99.5 Å². The fraction of sp³-hybridized carbons (Fsp3) is 0.818. The topological polar surface area (TPSA) is 299 Å². The molecule has 30 atom stereocenters. The summed E-state index contributed by atoms with van der Waals surface area (Å²) in [6.07, 6.45) is 12.2. The lowest BCUT2D eigenvalue weighted by Crippen LogP contribution is -2.45. The largest absolute Gasteiger partial charge is 0.458 e. The molecule has 2 fully saturated rings. The van der Waals surface area contributed by atoms with Crippen LogP contribution in [0.1, 0.15) is 199 Å². The average Bonchev–Trinajstić information content (AvgIpc) is 0.870. The zero-order valence-corrected chi connectivity index (χ0v) is 61.3. The van der Waals surface area contributed by atoms with Crippen LogP contribution in [0, 0.1) is 47.3 Å². The molecule has 9 N–H and O–H groups in total. The Labute approximate surface area is 581 Å². The van der Waals surface area contributed by atoms with Crippen LogP contribution in [-0.2, 0) is 52.2 Å². The number of allylic oxidation sites excluding steroid dienone is 4. The third-order valence-electron chi connectivity index (χ3n) is 22.0. The normalized spacial score (nSPS) is 41.4. The Hall–Kier alpha value is -3.26. The van der Waals surface area contributed by atoms with E-state index >= 15 is 0 Å². The molecule has 2 saturated heterocycles. The van der Waals surface area contributed by atoms with Gasteiger partial charge < -0.3 is 88.6 Å². The fourth-order valence-electron chi connectivity index (χ4n) is 15.1. The van der Waals surface area contributed by atoms with E-state index in [9.17, 15) is 55.5 Å². The minimum absolute atomic E-state index is 0.0332. The van der Waals surface area contributed by atoms with Crippen molar-refractivity contribution in [3.05, 3.63) is 71.9 Å². The van der Waals surface area contributed by atoms with Gasteiger partial charge in [0.1, 0.15) is 12.2 Å². The first-order valence-corrected chi connectivity index (χ1v) is 36.7. The van der Waals surface area contributed by atoms with Crippen molar-refractivity contribution in [3.63, 3.8) is 0 Å². The zero-order valence-electron chi connectivity index (χ0n) is 61.3. The lowest BCUT2D eigenvalue weighted by atomic mass is 9.78. The zero-order chi connectivity index (χ0) is 71.8. The number of aliphatic hydroxyl groups is 9. The van der Waals surface area contributed by atoms with Gasteiger partial charge in [-0.05, 0) is 129 Å². The molecule has 20 heteroatoms. The van der Waals surface area contributed by atoms with Gasteiger partial charge in [0.05, 0.1) is 122 Å². The molecule has 0 spiro atoms. The predicted octanol–water partition coefficient (Wildman–Crippen LogP) is 9.45. The summed E-state index contributed by atoms with van der Waals surface area (Å²) in [5, 5.41) is 105. The Balaban J connectivity index is 1.35. The second kappa shape index (κ2) is 42.4. The Morgan fingerprint density at radius 2 is 0.835 bits per heavy atom. The highest BCUT2D eigenvalue weighted by Gasteiger charge is 2.42. The molecule has 0 aromatic rings. The van der Waals surface area contributed by atoms with Crippen LogP contribution in [-0.4, -0.2) is 214 Å². The number of fused-ring (bicyclic) bond motifs is 4. The number of carbonyl (C=O) groups excluding carboxylic acids is 2. The molecule has 0 unspecified atom stereocenters. The van der Waals surface area contributed by atoms with E-state index < -0.39 is 139 Å². The second-order valence-corrected chi connectivity index (χ2v) is 30.1. The molecule has 20 nitrogen and oxygen atoms in total. The highest BCUT2D eigenvalue weighted by molar-refractivity contribution is 5.83. The summed E-state index contributed by atoms with van der Waals surface area (Å²) >= 11 is 0. The number of esters is 2. The van der Waals surface area contributed by atoms with Crippen molar-refractivity contribution in [1.82, 2.24) is 0 Å². The summed E-state index contributed by atoms with van der Waals surface area (Å²) in [4.78, 5) is 27.7. The molecule has 5 heterocycles. The summed E-state index contributed by atoms with van der Waals surface area (Å²) < 4.78 is 55.1. The molecule has 0 radical (unpaired) electrons. The average molecular weight is 1380 g/mol. The van der Waals surface area contributed by atoms with Crippen LogP contribution in [0.5, 0.6) is 0 Å². The summed E-state index contributed by atoms with van der Waals surface area (Å²) in [6, 6.07) is 0. The highest BCUT2D eigenvalue weighted by atomic mass is 16.6. The maximum atomic E-state index is 13.9. The number of carbonyl (C=O) groups is 2. The minimum Gasteiger partial charge on any atom is -0.458 e. The van der Waals surface area contributed by atoms with Gasteiger partial charge in [0, 0.05) is 94.7 Å². The Kier molecular flexibility index (Phi) is 36.9. The quantitative estimate of drug-likeness (QED) is 0.0544. The van der Waals surface area contributed by atoms with Gasteiger partial charge in [-0.2, -0.15) is 0 Å². The smallest absolute Gasteiger partial charge is 0.331 e. The van der Waals surface area contributed by atoms with E-state index in [2.05, 4.69) is 0 Å².